The number of nitrogens with zero attached hydrogens (tertiary/aromatic N) is 2. The quantitative estimate of drug-likeness (QED) is 0.605. The van der Waals surface area contributed by atoms with Crippen LogP contribution < -0.4 is 10.6 Å². The number of aromatic nitrogens is 1. The summed E-state index contributed by atoms with van der Waals surface area (Å²) in [4.78, 5) is 14.6. The predicted octanol–water partition coefficient (Wildman–Crippen LogP) is 0.697. The number of hydrogen-bond donors (Lipinski definition) is 2. The summed E-state index contributed by atoms with van der Waals surface area (Å²) in [5, 5.41) is 17.2. The first-order valence-corrected chi connectivity index (χ1v) is 5.73. The van der Waals surface area contributed by atoms with Gasteiger partial charge in [0.2, 0.25) is 0 Å². The molecule has 0 amide bonds. The molecule has 7 heteroatoms. The summed E-state index contributed by atoms with van der Waals surface area (Å²) in [7, 11) is 1.65. The maximum atomic E-state index is 10.8. The Kier molecular flexibility index (Phi) is 3.73. The maximum absolute atomic E-state index is 10.8. The minimum atomic E-state index is -0.400. The van der Waals surface area contributed by atoms with E-state index < -0.39 is 4.92 Å². The van der Waals surface area contributed by atoms with Crippen molar-refractivity contribution in [3.8, 4) is 0 Å². The van der Waals surface area contributed by atoms with Gasteiger partial charge in [-0.2, -0.15) is 0 Å². The van der Waals surface area contributed by atoms with Gasteiger partial charge in [0, 0.05) is 32.0 Å². The normalized spacial score (nSPS) is 23.0. The van der Waals surface area contributed by atoms with Crippen LogP contribution in [0.5, 0.6) is 0 Å². The number of aryl methyl sites for hydroxylation is 1. The fourth-order valence-electron chi connectivity index (χ4n) is 2.03. The monoisotopic (exact) mass is 252 g/mol. The third-order valence-electron chi connectivity index (χ3n) is 3.07. The minimum Gasteiger partial charge on any atom is -0.378 e. The van der Waals surface area contributed by atoms with E-state index in [4.69, 9.17) is 4.74 Å². The zero-order chi connectivity index (χ0) is 13.1. The van der Waals surface area contributed by atoms with E-state index in [-0.39, 0.29) is 17.8 Å². The largest absolute Gasteiger partial charge is 0.378 e. The van der Waals surface area contributed by atoms with E-state index in [1.165, 1.54) is 12.3 Å². The molecule has 2 N–H and O–H groups in total. The van der Waals surface area contributed by atoms with Gasteiger partial charge in [-0.1, -0.05) is 0 Å². The Labute approximate surface area is 105 Å². The molecule has 2 rings (SSSR count). The second-order valence-corrected chi connectivity index (χ2v) is 4.30. The molecule has 1 aromatic heterocycles. The smallest absolute Gasteiger partial charge is 0.277 e. The van der Waals surface area contributed by atoms with Gasteiger partial charge in [0.25, 0.3) is 5.69 Å². The summed E-state index contributed by atoms with van der Waals surface area (Å²) < 4.78 is 5.31. The Balaban J connectivity index is 2.14. The van der Waals surface area contributed by atoms with Crippen LogP contribution in [0.2, 0.25) is 0 Å². The van der Waals surface area contributed by atoms with E-state index in [0.29, 0.717) is 11.4 Å². The molecule has 2 heterocycles. The molecule has 1 aliphatic rings. The lowest BCUT2D eigenvalue weighted by molar-refractivity contribution is -0.385. The van der Waals surface area contributed by atoms with Crippen LogP contribution in [0.3, 0.4) is 0 Å². The molecule has 2 atom stereocenters. The highest BCUT2D eigenvalue weighted by Crippen LogP contribution is 2.21. The molecule has 0 aromatic carbocycles. The second-order valence-electron chi connectivity index (χ2n) is 4.30. The molecule has 0 saturated carbocycles. The van der Waals surface area contributed by atoms with Crippen molar-refractivity contribution in [3.05, 3.63) is 27.9 Å². The molecule has 0 radical (unpaired) electrons. The van der Waals surface area contributed by atoms with Gasteiger partial charge < -0.3 is 15.4 Å². The minimum absolute atomic E-state index is 0.0483. The molecule has 1 aliphatic heterocycles. The number of rotatable bonds is 4. The van der Waals surface area contributed by atoms with E-state index in [1.54, 1.807) is 14.0 Å². The van der Waals surface area contributed by atoms with Crippen LogP contribution in [0.15, 0.2) is 12.3 Å². The van der Waals surface area contributed by atoms with Crippen molar-refractivity contribution in [2.24, 2.45) is 0 Å². The van der Waals surface area contributed by atoms with Gasteiger partial charge in [-0.25, -0.2) is 4.98 Å². The summed E-state index contributed by atoms with van der Waals surface area (Å²) in [5.41, 5.74) is 0.630. The zero-order valence-electron chi connectivity index (χ0n) is 10.3. The average Bonchev–Trinajstić information content (AvgIpc) is 2.78. The van der Waals surface area contributed by atoms with Crippen molar-refractivity contribution in [1.29, 1.82) is 0 Å². The first-order chi connectivity index (χ1) is 8.61. The predicted molar refractivity (Wildman–Crippen MR) is 66.7 cm³/mol. The lowest BCUT2D eigenvalue weighted by atomic mass is 10.2. The molecule has 0 spiro atoms. The highest BCUT2D eigenvalue weighted by Gasteiger charge is 2.27. The third kappa shape index (κ3) is 2.57. The van der Waals surface area contributed by atoms with E-state index in [2.05, 4.69) is 15.6 Å². The molecule has 1 saturated heterocycles. The summed E-state index contributed by atoms with van der Waals surface area (Å²) in [6.07, 6.45) is 1.55. The molecule has 7 nitrogen and oxygen atoms in total. The molecular formula is C11H16N4O3. The van der Waals surface area contributed by atoms with Gasteiger partial charge in [-0.05, 0) is 6.92 Å². The fourth-order valence-corrected chi connectivity index (χ4v) is 2.03. The fraction of sp³-hybridized carbons (Fsp3) is 0.545. The zero-order valence-corrected chi connectivity index (χ0v) is 10.3. The van der Waals surface area contributed by atoms with Gasteiger partial charge in [-0.3, -0.25) is 10.1 Å². The van der Waals surface area contributed by atoms with Crippen LogP contribution in [0.25, 0.3) is 0 Å². The number of nitrogens with one attached hydrogen (secondary N) is 2. The Morgan fingerprint density at radius 3 is 3.06 bits per heavy atom. The van der Waals surface area contributed by atoms with Crippen molar-refractivity contribution in [1.82, 2.24) is 10.3 Å². The van der Waals surface area contributed by atoms with E-state index in [1.807, 2.05) is 0 Å². The number of anilines is 1. The first-order valence-electron chi connectivity index (χ1n) is 5.73. The first kappa shape index (κ1) is 12.7. The van der Waals surface area contributed by atoms with Crippen LogP contribution in [-0.4, -0.2) is 42.3 Å². The van der Waals surface area contributed by atoms with Gasteiger partial charge in [0.05, 0.1) is 23.1 Å². The molecule has 1 unspecified atom stereocenters. The summed E-state index contributed by atoms with van der Waals surface area (Å²) in [6, 6.07) is 1.53. The van der Waals surface area contributed by atoms with Gasteiger partial charge in [0.15, 0.2) is 0 Å². The maximum Gasteiger partial charge on any atom is 0.277 e. The number of pyridine rings is 1. The van der Waals surface area contributed by atoms with Crippen molar-refractivity contribution in [2.45, 2.75) is 19.1 Å². The second kappa shape index (κ2) is 5.28. The molecule has 1 aromatic rings. The molecular weight excluding hydrogens is 236 g/mol. The SMILES string of the molecule is CO[C@H]1CNCC1Nc1cc([N+](=O)[O-])c(C)cn1. The van der Waals surface area contributed by atoms with Gasteiger partial charge in [0.1, 0.15) is 5.82 Å². The average molecular weight is 252 g/mol. The molecule has 1 fully saturated rings. The highest BCUT2D eigenvalue weighted by molar-refractivity contribution is 5.49. The van der Waals surface area contributed by atoms with E-state index in [9.17, 15) is 10.1 Å². The molecule has 0 aliphatic carbocycles. The Morgan fingerprint density at radius 1 is 1.61 bits per heavy atom. The standard InChI is InChI=1S/C11H16N4O3/c1-7-4-13-11(3-9(7)15(16)17)14-8-5-12-6-10(8)18-2/h3-4,8,10,12H,5-6H2,1-2H3,(H,13,14)/t8?,10-/m0/s1. The summed E-state index contributed by atoms with van der Waals surface area (Å²) >= 11 is 0. The van der Waals surface area contributed by atoms with Crippen molar-refractivity contribution in [3.63, 3.8) is 0 Å². The Morgan fingerprint density at radius 2 is 2.39 bits per heavy atom. The topological polar surface area (TPSA) is 89.3 Å². The van der Waals surface area contributed by atoms with Crippen LogP contribution in [-0.2, 0) is 4.74 Å². The number of hydrogen-bond acceptors (Lipinski definition) is 6. The van der Waals surface area contributed by atoms with Crippen molar-refractivity contribution >= 4 is 11.5 Å². The van der Waals surface area contributed by atoms with Crippen LogP contribution >= 0.6 is 0 Å². The number of methoxy groups -OCH3 is 1. The highest BCUT2D eigenvalue weighted by atomic mass is 16.6. The van der Waals surface area contributed by atoms with E-state index in [0.717, 1.165) is 13.1 Å². The van der Waals surface area contributed by atoms with Gasteiger partial charge >= 0.3 is 0 Å². The van der Waals surface area contributed by atoms with Crippen molar-refractivity contribution in [2.75, 3.05) is 25.5 Å². The van der Waals surface area contributed by atoms with Crippen LogP contribution in [0.1, 0.15) is 5.56 Å². The van der Waals surface area contributed by atoms with Crippen LogP contribution in [0.4, 0.5) is 11.5 Å². The number of ether oxygens (including phenoxy) is 1. The Bertz CT molecular complexity index is 452. The summed E-state index contributed by atoms with van der Waals surface area (Å²) in [5.74, 6) is 0.503. The number of nitro groups is 1. The lowest BCUT2D eigenvalue weighted by Crippen LogP contribution is -2.33. The lowest BCUT2D eigenvalue weighted by Gasteiger charge is -2.19. The molecule has 0 bridgehead atoms. The van der Waals surface area contributed by atoms with Gasteiger partial charge in [-0.15, -0.1) is 0 Å². The van der Waals surface area contributed by atoms with Crippen LogP contribution in [0, 0.1) is 17.0 Å². The third-order valence-corrected chi connectivity index (χ3v) is 3.07. The van der Waals surface area contributed by atoms with E-state index >= 15 is 0 Å². The summed E-state index contributed by atoms with van der Waals surface area (Å²) in [6.45, 7) is 3.19. The molecule has 98 valence electrons. The van der Waals surface area contributed by atoms with Crippen molar-refractivity contribution < 1.29 is 9.66 Å². The Hall–Kier alpha value is -1.73. The molecule has 18 heavy (non-hydrogen) atoms.